The van der Waals surface area contributed by atoms with Crippen molar-refractivity contribution in [2.24, 2.45) is 0 Å². The summed E-state index contributed by atoms with van der Waals surface area (Å²) < 4.78 is 0. The fourth-order valence-corrected chi connectivity index (χ4v) is 10.8. The lowest BCUT2D eigenvalue weighted by Gasteiger charge is -2.28. The molecule has 69 heavy (non-hydrogen) atoms. The van der Waals surface area contributed by atoms with Crippen LogP contribution in [0.25, 0.3) is 109 Å². The van der Waals surface area contributed by atoms with Crippen LogP contribution in [-0.4, -0.2) is 0 Å². The predicted octanol–water partition coefficient (Wildman–Crippen LogP) is 19.3. The zero-order valence-electron chi connectivity index (χ0n) is 37.9. The molecule has 0 amide bonds. The molecule has 13 rings (SSSR count). The first kappa shape index (κ1) is 40.3. The molecule has 0 saturated heterocycles. The van der Waals surface area contributed by atoms with E-state index < -0.39 is 0 Å². The quantitative estimate of drug-likeness (QED) is 0.138. The van der Waals surface area contributed by atoms with E-state index in [-0.39, 0.29) is 0 Å². The summed E-state index contributed by atoms with van der Waals surface area (Å²) in [6.45, 7) is 0. The topological polar surface area (TPSA) is 3.24 Å². The first-order valence-corrected chi connectivity index (χ1v) is 23.8. The highest BCUT2D eigenvalue weighted by Gasteiger charge is 2.20. The lowest BCUT2D eigenvalue weighted by atomic mass is 9.84. The van der Waals surface area contributed by atoms with Crippen molar-refractivity contribution in [2.75, 3.05) is 4.90 Å². The highest BCUT2D eigenvalue weighted by atomic mass is 15.1. The molecule has 0 aliphatic heterocycles. The second-order valence-electron chi connectivity index (χ2n) is 18.0. The Balaban J connectivity index is 0.955. The van der Waals surface area contributed by atoms with Crippen LogP contribution in [0.2, 0.25) is 0 Å². The molecule has 0 spiro atoms. The zero-order chi connectivity index (χ0) is 45.7. The molecule has 1 nitrogen and oxygen atoms in total. The minimum atomic E-state index is 1.09. The lowest BCUT2D eigenvalue weighted by Crippen LogP contribution is -2.10. The Bertz CT molecular complexity index is 4040. The molecule has 13 aromatic rings. The molecule has 0 heterocycles. The van der Waals surface area contributed by atoms with Crippen LogP contribution in [0.3, 0.4) is 0 Å². The van der Waals surface area contributed by atoms with Crippen LogP contribution >= 0.6 is 0 Å². The van der Waals surface area contributed by atoms with Gasteiger partial charge >= 0.3 is 0 Å². The van der Waals surface area contributed by atoms with Crippen molar-refractivity contribution in [1.82, 2.24) is 0 Å². The van der Waals surface area contributed by atoms with Crippen molar-refractivity contribution in [3.63, 3.8) is 0 Å². The molecule has 0 aliphatic rings. The van der Waals surface area contributed by atoms with E-state index in [0.717, 1.165) is 22.6 Å². The molecule has 0 radical (unpaired) electrons. The molecule has 0 fully saturated rings. The van der Waals surface area contributed by atoms with Gasteiger partial charge in [0.2, 0.25) is 0 Å². The molecule has 1 heteroatoms. The van der Waals surface area contributed by atoms with E-state index in [2.05, 4.69) is 278 Å². The first-order valence-electron chi connectivity index (χ1n) is 23.8. The number of anilines is 3. The predicted molar refractivity (Wildman–Crippen MR) is 296 cm³/mol. The maximum Gasteiger partial charge on any atom is 0.0540 e. The molecule has 0 aliphatic carbocycles. The average Bonchev–Trinajstić information content (AvgIpc) is 3.43. The van der Waals surface area contributed by atoms with E-state index >= 15 is 0 Å². The summed E-state index contributed by atoms with van der Waals surface area (Å²) in [5, 5.41) is 12.4. The number of hydrogen-bond acceptors (Lipinski definition) is 1. The standard InChI is InChI=1S/C68H45N/c1-3-18-51(19-4-1)67-64-28-12-11-27-61(64)62-42-39-54(45-65(62)68(67)52-20-5-2-6-21-52)53-23-13-24-56(44-53)69(66-31-15-30-60-59-26-10-8-17-49(59)38-43-63(60)66)55-40-36-47(37-41-55)46-32-34-50(35-33-46)58-29-14-22-48-16-7-9-25-57(48)58/h1-45H. The van der Waals surface area contributed by atoms with Crippen molar-refractivity contribution in [1.29, 1.82) is 0 Å². The van der Waals surface area contributed by atoms with Crippen molar-refractivity contribution >= 4 is 70.9 Å². The highest BCUT2D eigenvalue weighted by molar-refractivity contribution is 6.22. The molecular weight excluding hydrogens is 831 g/mol. The number of rotatable bonds is 8. The van der Waals surface area contributed by atoms with Gasteiger partial charge in [0.05, 0.1) is 5.69 Å². The number of fused-ring (bicyclic) bond motifs is 7. The molecular formula is C68H45N. The summed E-state index contributed by atoms with van der Waals surface area (Å²) in [6.07, 6.45) is 0. The van der Waals surface area contributed by atoms with Gasteiger partial charge < -0.3 is 4.90 Å². The lowest BCUT2D eigenvalue weighted by molar-refractivity contribution is 1.30. The monoisotopic (exact) mass is 875 g/mol. The van der Waals surface area contributed by atoms with Crippen LogP contribution in [0.5, 0.6) is 0 Å². The third-order valence-corrected chi connectivity index (χ3v) is 14.0. The van der Waals surface area contributed by atoms with E-state index in [0.29, 0.717) is 0 Å². The van der Waals surface area contributed by atoms with Gasteiger partial charge in [0.15, 0.2) is 0 Å². The maximum atomic E-state index is 2.44. The van der Waals surface area contributed by atoms with Crippen LogP contribution in [0.1, 0.15) is 0 Å². The molecule has 0 aromatic heterocycles. The minimum Gasteiger partial charge on any atom is -0.310 e. The van der Waals surface area contributed by atoms with E-state index in [9.17, 15) is 0 Å². The van der Waals surface area contributed by atoms with E-state index in [1.54, 1.807) is 0 Å². The Kier molecular flexibility index (Phi) is 9.91. The second-order valence-corrected chi connectivity index (χ2v) is 18.0. The van der Waals surface area contributed by atoms with Crippen molar-refractivity contribution in [2.45, 2.75) is 0 Å². The summed E-state index contributed by atoms with van der Waals surface area (Å²) in [4.78, 5) is 2.44. The van der Waals surface area contributed by atoms with Crippen LogP contribution in [0.15, 0.2) is 273 Å². The van der Waals surface area contributed by atoms with Gasteiger partial charge in [-0.05, 0) is 141 Å². The van der Waals surface area contributed by atoms with Crippen LogP contribution in [0, 0.1) is 0 Å². The fraction of sp³-hybridized carbons (Fsp3) is 0. The van der Waals surface area contributed by atoms with Crippen molar-refractivity contribution in [3.8, 4) is 55.6 Å². The zero-order valence-corrected chi connectivity index (χ0v) is 37.9. The summed E-state index contributed by atoms with van der Waals surface area (Å²) >= 11 is 0. The third kappa shape index (κ3) is 7.12. The number of hydrogen-bond donors (Lipinski definition) is 0. The Morgan fingerprint density at radius 1 is 0.203 bits per heavy atom. The number of benzene rings is 13. The molecule has 0 unspecified atom stereocenters. The smallest absolute Gasteiger partial charge is 0.0540 e. The number of nitrogens with zero attached hydrogens (tertiary/aromatic N) is 1. The van der Waals surface area contributed by atoms with Gasteiger partial charge in [-0.15, -0.1) is 0 Å². The molecule has 0 bridgehead atoms. The Morgan fingerprint density at radius 2 is 0.667 bits per heavy atom. The van der Waals surface area contributed by atoms with Gasteiger partial charge in [0.1, 0.15) is 0 Å². The minimum absolute atomic E-state index is 1.09. The van der Waals surface area contributed by atoms with Gasteiger partial charge in [-0.2, -0.15) is 0 Å². The van der Waals surface area contributed by atoms with Crippen LogP contribution in [-0.2, 0) is 0 Å². The molecule has 0 saturated carbocycles. The molecule has 322 valence electrons. The summed E-state index contributed by atoms with van der Waals surface area (Å²) in [5.41, 5.74) is 15.4. The average molecular weight is 876 g/mol. The molecule has 0 N–H and O–H groups in total. The maximum absolute atomic E-state index is 2.44. The van der Waals surface area contributed by atoms with Crippen LogP contribution < -0.4 is 4.90 Å². The van der Waals surface area contributed by atoms with Gasteiger partial charge in [0, 0.05) is 16.8 Å². The summed E-state index contributed by atoms with van der Waals surface area (Å²) in [7, 11) is 0. The Hall–Kier alpha value is -9.04. The summed E-state index contributed by atoms with van der Waals surface area (Å²) in [6, 6.07) is 100. The molecule has 13 aromatic carbocycles. The third-order valence-electron chi connectivity index (χ3n) is 14.0. The normalized spacial score (nSPS) is 11.5. The largest absolute Gasteiger partial charge is 0.310 e. The van der Waals surface area contributed by atoms with Crippen molar-refractivity contribution < 1.29 is 0 Å². The highest BCUT2D eigenvalue weighted by Crippen LogP contribution is 2.47. The van der Waals surface area contributed by atoms with Crippen molar-refractivity contribution in [3.05, 3.63) is 273 Å². The van der Waals surface area contributed by atoms with Gasteiger partial charge in [-0.25, -0.2) is 0 Å². The van der Waals surface area contributed by atoms with E-state index in [1.807, 2.05) is 0 Å². The van der Waals surface area contributed by atoms with Gasteiger partial charge in [-0.3, -0.25) is 0 Å². The van der Waals surface area contributed by atoms with E-state index in [4.69, 9.17) is 0 Å². The first-order chi connectivity index (χ1) is 34.2. The fourth-order valence-electron chi connectivity index (χ4n) is 10.8. The van der Waals surface area contributed by atoms with Crippen LogP contribution in [0.4, 0.5) is 17.1 Å². The summed E-state index contributed by atoms with van der Waals surface area (Å²) in [5.74, 6) is 0. The second kappa shape index (κ2) is 17.0. The Labute approximate surface area is 402 Å². The van der Waals surface area contributed by atoms with E-state index in [1.165, 1.54) is 104 Å². The SMILES string of the molecule is c1ccc(-c2c(-c3ccccc3)c3cc(-c4cccc(N(c5ccc(-c6ccc(-c7cccc8ccccc78)cc6)cc5)c5cccc6c5ccc5ccccc56)c4)ccc3c3ccccc23)cc1. The van der Waals surface area contributed by atoms with Gasteiger partial charge in [-0.1, -0.05) is 237 Å². The Morgan fingerprint density at radius 3 is 1.41 bits per heavy atom. The van der Waals surface area contributed by atoms with Gasteiger partial charge in [0.25, 0.3) is 0 Å². The molecule has 0 atom stereocenters.